The molecule has 2 heterocycles. The Morgan fingerprint density at radius 1 is 0.983 bits per heavy atom. The van der Waals surface area contributed by atoms with Crippen LogP contribution >= 0.6 is 15.0 Å². The molecule has 1 aliphatic carbocycles. The van der Waals surface area contributed by atoms with Crippen LogP contribution in [0.3, 0.4) is 0 Å². The van der Waals surface area contributed by atoms with Gasteiger partial charge in [0.1, 0.15) is 22.9 Å². The van der Waals surface area contributed by atoms with Crippen LogP contribution in [0.1, 0.15) is 103 Å². The number of aromatic carboxylic acids is 1. The van der Waals surface area contributed by atoms with E-state index in [4.69, 9.17) is 23.0 Å². The van der Waals surface area contributed by atoms with Crippen molar-refractivity contribution in [3.63, 3.8) is 0 Å². The first-order valence-electron chi connectivity index (χ1n) is 20.1. The molecule has 1 aromatic heterocycles. The van der Waals surface area contributed by atoms with Gasteiger partial charge in [0.2, 0.25) is 18.7 Å². The molecule has 2 aliphatic rings. The standard InChI is InChI=1S/C41H56FN3O12P2/c1-9-13-35(47)57-33-17-16-28(58(51,54-10-2)25-59(52,55-11-3)56-12-4)20-31(33)41(6,7)22-34(46)44-19-18-43(23-26(44)5)37-32(42)21-29-36(39(37)53-8)45(27-14-15-27)24-30(38(29)48)40(49)50/h16-17,20-21,24,26-27H,9-15,18-19,22-23,25H2,1-8H3,(H,49,50). The van der Waals surface area contributed by atoms with Crippen LogP contribution in [-0.4, -0.2) is 90.9 Å². The van der Waals surface area contributed by atoms with Crippen LogP contribution in [0.2, 0.25) is 0 Å². The third-order valence-corrected chi connectivity index (χ3v) is 16.5. The van der Waals surface area contributed by atoms with Crippen molar-refractivity contribution >= 4 is 54.7 Å². The maximum Gasteiger partial charge on any atom is 0.341 e. The first-order chi connectivity index (χ1) is 27.9. The number of amides is 1. The quantitative estimate of drug-likeness (QED) is 0.0714. The van der Waals surface area contributed by atoms with Crippen LogP contribution in [0, 0.1) is 5.82 Å². The van der Waals surface area contributed by atoms with Crippen LogP contribution in [0.4, 0.5) is 10.1 Å². The number of benzene rings is 2. The summed E-state index contributed by atoms with van der Waals surface area (Å²) in [7, 11) is -6.38. The van der Waals surface area contributed by atoms with E-state index in [1.165, 1.54) is 25.4 Å². The number of halogens is 1. The van der Waals surface area contributed by atoms with Gasteiger partial charge in [0, 0.05) is 67.0 Å². The molecule has 1 saturated carbocycles. The largest absolute Gasteiger partial charge is 0.492 e. The highest BCUT2D eigenvalue weighted by Gasteiger charge is 2.41. The molecule has 0 bridgehead atoms. The van der Waals surface area contributed by atoms with E-state index in [0.29, 0.717) is 17.5 Å². The summed E-state index contributed by atoms with van der Waals surface area (Å²) < 4.78 is 74.4. The molecule has 324 valence electrons. The Kier molecular flexibility index (Phi) is 14.6. The number of ether oxygens (including phenoxy) is 2. The zero-order valence-corrected chi connectivity index (χ0v) is 36.9. The number of rotatable bonds is 19. The third kappa shape index (κ3) is 9.94. The lowest BCUT2D eigenvalue weighted by atomic mass is 9.80. The summed E-state index contributed by atoms with van der Waals surface area (Å²) in [6, 6.07) is 5.18. The normalized spacial score (nSPS) is 17.2. The van der Waals surface area contributed by atoms with Crippen LogP contribution in [0.25, 0.3) is 10.9 Å². The van der Waals surface area contributed by atoms with Gasteiger partial charge < -0.3 is 42.5 Å². The summed E-state index contributed by atoms with van der Waals surface area (Å²) in [5.74, 6) is -3.09. The molecule has 1 amide bonds. The number of carbonyl (C=O) groups is 3. The third-order valence-electron chi connectivity index (χ3n) is 10.5. The summed E-state index contributed by atoms with van der Waals surface area (Å²) in [6.07, 6.45) is 3.46. The predicted molar refractivity (Wildman–Crippen MR) is 223 cm³/mol. The second-order valence-electron chi connectivity index (χ2n) is 15.5. The fourth-order valence-corrected chi connectivity index (χ4v) is 13.2. The molecule has 3 aromatic rings. The molecule has 5 rings (SSSR count). The first-order valence-corrected chi connectivity index (χ1v) is 23.6. The minimum atomic E-state index is -3.90. The number of anilines is 1. The van der Waals surface area contributed by atoms with Crippen molar-refractivity contribution in [2.24, 2.45) is 0 Å². The van der Waals surface area contributed by atoms with Crippen LogP contribution in [0.5, 0.6) is 11.5 Å². The van der Waals surface area contributed by atoms with Crippen molar-refractivity contribution in [2.45, 2.75) is 98.1 Å². The lowest BCUT2D eigenvalue weighted by Gasteiger charge is -2.42. The molecule has 1 aliphatic heterocycles. The molecule has 1 saturated heterocycles. The Hall–Kier alpha value is -4.07. The highest BCUT2D eigenvalue weighted by Crippen LogP contribution is 2.63. The number of piperazine rings is 1. The van der Waals surface area contributed by atoms with E-state index in [0.717, 1.165) is 18.9 Å². The number of methoxy groups -OCH3 is 1. The molecular weight excluding hydrogens is 807 g/mol. The number of carboxylic acids is 1. The van der Waals surface area contributed by atoms with Gasteiger partial charge in [-0.05, 0) is 71.2 Å². The zero-order valence-electron chi connectivity index (χ0n) is 35.1. The minimum Gasteiger partial charge on any atom is -0.492 e. The number of nitrogens with zero attached hydrogens (tertiary/aromatic N) is 3. The van der Waals surface area contributed by atoms with Gasteiger partial charge >= 0.3 is 19.5 Å². The van der Waals surface area contributed by atoms with E-state index in [1.54, 1.807) is 41.2 Å². The number of pyridine rings is 1. The molecule has 2 atom stereocenters. The lowest BCUT2D eigenvalue weighted by Crippen LogP contribution is -2.55. The van der Waals surface area contributed by atoms with Crippen molar-refractivity contribution < 1.29 is 56.1 Å². The van der Waals surface area contributed by atoms with Crippen LogP contribution in [0.15, 0.2) is 35.3 Å². The van der Waals surface area contributed by atoms with Crippen LogP contribution in [-0.2, 0) is 37.7 Å². The number of fused-ring (bicyclic) bond motifs is 1. The molecule has 0 radical (unpaired) electrons. The van der Waals surface area contributed by atoms with Gasteiger partial charge in [-0.1, -0.05) is 20.8 Å². The van der Waals surface area contributed by atoms with Crippen molar-refractivity contribution in [2.75, 3.05) is 57.4 Å². The monoisotopic (exact) mass is 863 g/mol. The molecule has 15 nitrogen and oxygen atoms in total. The van der Waals surface area contributed by atoms with Crippen molar-refractivity contribution in [1.29, 1.82) is 0 Å². The van der Waals surface area contributed by atoms with E-state index in [1.807, 2.05) is 27.7 Å². The smallest absolute Gasteiger partial charge is 0.341 e. The Morgan fingerprint density at radius 3 is 2.20 bits per heavy atom. The van der Waals surface area contributed by atoms with Crippen molar-refractivity contribution in [3.8, 4) is 11.5 Å². The Bertz CT molecular complexity index is 2230. The average molecular weight is 864 g/mol. The molecule has 1 N–H and O–H groups in total. The molecule has 2 unspecified atom stereocenters. The van der Waals surface area contributed by atoms with Gasteiger partial charge in [0.05, 0.1) is 37.8 Å². The summed E-state index contributed by atoms with van der Waals surface area (Å²) >= 11 is 0. The fraction of sp³-hybridized carbons (Fsp3) is 0.561. The average Bonchev–Trinajstić information content (AvgIpc) is 4.00. The summed E-state index contributed by atoms with van der Waals surface area (Å²) in [5, 5.41) is 9.82. The molecule has 2 fully saturated rings. The fourth-order valence-electron chi connectivity index (χ4n) is 7.70. The summed E-state index contributed by atoms with van der Waals surface area (Å²) in [6.45, 7) is 13.0. The zero-order chi connectivity index (χ0) is 43.4. The second-order valence-corrected chi connectivity index (χ2v) is 20.5. The Morgan fingerprint density at radius 2 is 1.64 bits per heavy atom. The Balaban J connectivity index is 1.46. The van der Waals surface area contributed by atoms with Crippen LogP contribution < -0.4 is 25.1 Å². The molecule has 0 spiro atoms. The van der Waals surface area contributed by atoms with E-state index >= 15 is 4.39 Å². The SMILES string of the molecule is CCCC(=O)Oc1ccc(P(=O)(CP(=O)(OCC)OCC)OCC)cc1C(C)(C)CC(=O)N1CCN(c2c(F)cc3c(=O)c(C(=O)O)cn(C4CC4)c3c2OC)CC1C. The minimum absolute atomic E-state index is 0.0324. The first kappa shape index (κ1) is 46.0. The lowest BCUT2D eigenvalue weighted by molar-refractivity contribution is -0.134. The van der Waals surface area contributed by atoms with Gasteiger partial charge in [0.15, 0.2) is 11.6 Å². The number of hydrogen-bond acceptors (Lipinski definition) is 12. The maximum absolute atomic E-state index is 16.1. The number of carbonyl (C=O) groups excluding carboxylic acids is 2. The number of esters is 1. The van der Waals surface area contributed by atoms with Crippen molar-refractivity contribution in [1.82, 2.24) is 9.47 Å². The molecule has 18 heteroatoms. The topological polar surface area (TPSA) is 180 Å². The number of hydrogen-bond donors (Lipinski definition) is 1. The van der Waals surface area contributed by atoms with Gasteiger partial charge in [-0.3, -0.25) is 23.5 Å². The van der Waals surface area contributed by atoms with Gasteiger partial charge in [-0.25, -0.2) is 9.18 Å². The molecule has 2 aromatic carbocycles. The summed E-state index contributed by atoms with van der Waals surface area (Å²) in [5.41, 5.74) is -1.41. The highest BCUT2D eigenvalue weighted by molar-refractivity contribution is 7.78. The van der Waals surface area contributed by atoms with Gasteiger partial charge in [-0.2, -0.15) is 0 Å². The molecule has 59 heavy (non-hydrogen) atoms. The molecular formula is C41H56FN3O12P2. The van der Waals surface area contributed by atoms with E-state index in [2.05, 4.69) is 0 Å². The maximum atomic E-state index is 16.1. The van der Waals surface area contributed by atoms with E-state index < -0.39 is 61.1 Å². The summed E-state index contributed by atoms with van der Waals surface area (Å²) in [4.78, 5) is 55.7. The highest BCUT2D eigenvalue weighted by atomic mass is 31.2. The van der Waals surface area contributed by atoms with Gasteiger partial charge in [0.25, 0.3) is 0 Å². The van der Waals surface area contributed by atoms with E-state index in [9.17, 15) is 33.4 Å². The second kappa shape index (κ2) is 18.7. The Labute approximate surface area is 344 Å². The number of aromatic nitrogens is 1. The van der Waals surface area contributed by atoms with Crippen molar-refractivity contribution in [3.05, 3.63) is 57.6 Å². The van der Waals surface area contributed by atoms with E-state index in [-0.39, 0.29) is 92.1 Å². The van der Waals surface area contributed by atoms with Gasteiger partial charge in [-0.15, -0.1) is 0 Å². The number of carboxylic acid groups (broad SMARTS) is 1. The predicted octanol–water partition coefficient (Wildman–Crippen LogP) is 7.46.